The highest BCUT2D eigenvalue weighted by Crippen LogP contribution is 2.23. The predicted octanol–water partition coefficient (Wildman–Crippen LogP) is 3.76. The summed E-state index contributed by atoms with van der Waals surface area (Å²) in [6, 6.07) is 11.6. The monoisotopic (exact) mass is 435 g/mol. The number of nitro groups is 1. The number of hydrogen-bond donors (Lipinski definition) is 0. The number of carbonyl (C=O) groups excluding carboxylic acids is 1. The number of nitrogens with zero attached hydrogens (tertiary/aromatic N) is 3. The van der Waals surface area contributed by atoms with Crippen LogP contribution in [0, 0.1) is 10.1 Å². The lowest BCUT2D eigenvalue weighted by molar-refractivity contribution is -0.385. The zero-order valence-electron chi connectivity index (χ0n) is 13.7. The minimum Gasteiger partial charge on any atom is -0.383 e. The summed E-state index contributed by atoms with van der Waals surface area (Å²) in [5, 5.41) is 11.2. The third-order valence-electron chi connectivity index (χ3n) is 3.69. The summed E-state index contributed by atoms with van der Waals surface area (Å²) in [6.45, 7) is 0.968. The first-order chi connectivity index (χ1) is 12.5. The molecule has 7 nitrogen and oxygen atoms in total. The van der Waals surface area contributed by atoms with Crippen LogP contribution in [0.1, 0.15) is 10.4 Å². The molecule has 0 radical (unpaired) electrons. The SMILES string of the molecule is COCCn1c(=NC(=O)c2ccccc2[N+](=O)[O-])sc2cc(Br)ccc21. The predicted molar refractivity (Wildman–Crippen MR) is 102 cm³/mol. The van der Waals surface area contributed by atoms with Gasteiger partial charge in [-0.25, -0.2) is 0 Å². The van der Waals surface area contributed by atoms with Crippen LogP contribution in [-0.2, 0) is 11.3 Å². The van der Waals surface area contributed by atoms with Gasteiger partial charge in [0.05, 0.1) is 21.7 Å². The van der Waals surface area contributed by atoms with Gasteiger partial charge in [-0.3, -0.25) is 14.9 Å². The van der Waals surface area contributed by atoms with E-state index in [1.54, 1.807) is 13.2 Å². The van der Waals surface area contributed by atoms with Crippen LogP contribution in [0.4, 0.5) is 5.69 Å². The number of aromatic nitrogens is 1. The quantitative estimate of drug-likeness (QED) is 0.450. The van der Waals surface area contributed by atoms with Crippen molar-refractivity contribution < 1.29 is 14.5 Å². The van der Waals surface area contributed by atoms with Gasteiger partial charge < -0.3 is 9.30 Å². The Labute approximate surface area is 160 Å². The number of ether oxygens (including phenoxy) is 1. The van der Waals surface area contributed by atoms with Gasteiger partial charge in [-0.05, 0) is 24.3 Å². The summed E-state index contributed by atoms with van der Waals surface area (Å²) in [7, 11) is 1.60. The van der Waals surface area contributed by atoms with E-state index in [0.717, 1.165) is 14.7 Å². The van der Waals surface area contributed by atoms with Gasteiger partial charge in [0.25, 0.3) is 11.6 Å². The van der Waals surface area contributed by atoms with Crippen molar-refractivity contribution >= 4 is 49.1 Å². The zero-order chi connectivity index (χ0) is 18.7. The maximum atomic E-state index is 12.6. The number of methoxy groups -OCH3 is 1. The van der Waals surface area contributed by atoms with Crippen molar-refractivity contribution in [3.8, 4) is 0 Å². The summed E-state index contributed by atoms with van der Waals surface area (Å²) in [4.78, 5) is 27.8. The second-order valence-corrected chi connectivity index (χ2v) is 7.26. The number of amides is 1. The Balaban J connectivity index is 2.14. The van der Waals surface area contributed by atoms with Crippen molar-refractivity contribution in [2.45, 2.75) is 6.54 Å². The summed E-state index contributed by atoms with van der Waals surface area (Å²) in [5.41, 5.74) is 0.632. The number of para-hydroxylation sites is 1. The van der Waals surface area contributed by atoms with E-state index in [4.69, 9.17) is 4.74 Å². The topological polar surface area (TPSA) is 86.7 Å². The third-order valence-corrected chi connectivity index (χ3v) is 5.23. The Kier molecular flexibility index (Phi) is 5.60. The van der Waals surface area contributed by atoms with Gasteiger partial charge >= 0.3 is 0 Å². The van der Waals surface area contributed by atoms with E-state index in [2.05, 4.69) is 20.9 Å². The molecule has 0 spiro atoms. The number of halogens is 1. The van der Waals surface area contributed by atoms with Crippen LogP contribution < -0.4 is 4.80 Å². The molecule has 0 saturated carbocycles. The maximum Gasteiger partial charge on any atom is 0.286 e. The lowest BCUT2D eigenvalue weighted by Crippen LogP contribution is -2.19. The molecule has 1 heterocycles. The van der Waals surface area contributed by atoms with Crippen LogP contribution in [0.25, 0.3) is 10.2 Å². The van der Waals surface area contributed by atoms with Crippen LogP contribution in [0.15, 0.2) is 51.9 Å². The maximum absolute atomic E-state index is 12.6. The number of fused-ring (bicyclic) bond motifs is 1. The first kappa shape index (κ1) is 18.4. The van der Waals surface area contributed by atoms with E-state index < -0.39 is 10.8 Å². The van der Waals surface area contributed by atoms with Gasteiger partial charge in [0, 0.05) is 24.2 Å². The summed E-state index contributed by atoms with van der Waals surface area (Å²) < 4.78 is 8.89. The second kappa shape index (κ2) is 7.90. The molecule has 1 aromatic heterocycles. The number of rotatable bonds is 5. The average molecular weight is 436 g/mol. The lowest BCUT2D eigenvalue weighted by Gasteiger charge is -2.04. The van der Waals surface area contributed by atoms with Gasteiger partial charge in [0.2, 0.25) is 0 Å². The number of carbonyl (C=O) groups is 1. The second-order valence-electron chi connectivity index (χ2n) is 5.33. The van der Waals surface area contributed by atoms with Gasteiger partial charge in [-0.15, -0.1) is 0 Å². The Bertz CT molecular complexity index is 1060. The molecule has 0 atom stereocenters. The molecule has 0 N–H and O–H groups in total. The molecule has 3 aromatic rings. The van der Waals surface area contributed by atoms with Crippen LogP contribution in [-0.4, -0.2) is 29.1 Å². The molecule has 9 heteroatoms. The Morgan fingerprint density at radius 1 is 1.35 bits per heavy atom. The number of benzene rings is 2. The van der Waals surface area contributed by atoms with Gasteiger partial charge in [-0.2, -0.15) is 4.99 Å². The fourth-order valence-corrected chi connectivity index (χ4v) is 4.10. The van der Waals surface area contributed by atoms with E-state index in [9.17, 15) is 14.9 Å². The standard InChI is InChI=1S/C17H14BrN3O4S/c1-25-9-8-20-14-7-6-11(18)10-15(14)26-17(20)19-16(22)12-4-2-3-5-13(12)21(23)24/h2-7,10H,8-9H2,1H3. The van der Waals surface area contributed by atoms with Gasteiger partial charge in [-0.1, -0.05) is 39.4 Å². The van der Waals surface area contributed by atoms with Crippen molar-refractivity contribution in [2.24, 2.45) is 4.99 Å². The Hall–Kier alpha value is -2.36. The molecule has 0 unspecified atom stereocenters. The molecule has 2 aromatic carbocycles. The van der Waals surface area contributed by atoms with Crippen molar-refractivity contribution in [1.29, 1.82) is 0 Å². The normalized spacial score (nSPS) is 11.8. The molecule has 26 heavy (non-hydrogen) atoms. The molecular formula is C17H14BrN3O4S. The molecule has 0 bridgehead atoms. The molecule has 3 rings (SSSR count). The van der Waals surface area contributed by atoms with E-state index in [0.29, 0.717) is 18.0 Å². The van der Waals surface area contributed by atoms with E-state index in [-0.39, 0.29) is 11.3 Å². The fourth-order valence-electron chi connectivity index (χ4n) is 2.49. The van der Waals surface area contributed by atoms with Crippen molar-refractivity contribution in [3.63, 3.8) is 0 Å². The average Bonchev–Trinajstić information content (AvgIpc) is 2.95. The third kappa shape index (κ3) is 3.74. The molecule has 0 fully saturated rings. The van der Waals surface area contributed by atoms with Crippen LogP contribution in [0.5, 0.6) is 0 Å². The van der Waals surface area contributed by atoms with Gasteiger partial charge in [0.15, 0.2) is 4.80 Å². The van der Waals surface area contributed by atoms with E-state index >= 15 is 0 Å². The fraction of sp³-hybridized carbons (Fsp3) is 0.176. The van der Waals surface area contributed by atoms with E-state index in [1.807, 2.05) is 22.8 Å². The highest BCUT2D eigenvalue weighted by atomic mass is 79.9. The van der Waals surface area contributed by atoms with Crippen molar-refractivity contribution in [1.82, 2.24) is 4.57 Å². The minimum atomic E-state index is -0.644. The molecule has 0 aliphatic carbocycles. The van der Waals surface area contributed by atoms with E-state index in [1.165, 1.54) is 29.5 Å². The zero-order valence-corrected chi connectivity index (χ0v) is 16.1. The summed E-state index contributed by atoms with van der Waals surface area (Å²) in [6.07, 6.45) is 0. The van der Waals surface area contributed by atoms with Crippen molar-refractivity contribution in [2.75, 3.05) is 13.7 Å². The molecule has 1 amide bonds. The lowest BCUT2D eigenvalue weighted by atomic mass is 10.2. The first-order valence-corrected chi connectivity index (χ1v) is 9.22. The Morgan fingerprint density at radius 3 is 2.85 bits per heavy atom. The minimum absolute atomic E-state index is 0.0329. The molecule has 0 aliphatic rings. The number of hydrogen-bond acceptors (Lipinski definition) is 5. The largest absolute Gasteiger partial charge is 0.383 e. The van der Waals surface area contributed by atoms with Crippen LogP contribution in [0.3, 0.4) is 0 Å². The molecule has 0 saturated heterocycles. The number of nitro benzene ring substituents is 1. The molecule has 0 aliphatic heterocycles. The highest BCUT2D eigenvalue weighted by molar-refractivity contribution is 9.10. The molecular weight excluding hydrogens is 422 g/mol. The van der Waals surface area contributed by atoms with Crippen LogP contribution in [0.2, 0.25) is 0 Å². The first-order valence-electron chi connectivity index (χ1n) is 7.61. The smallest absolute Gasteiger partial charge is 0.286 e. The van der Waals surface area contributed by atoms with Gasteiger partial charge in [0.1, 0.15) is 5.56 Å². The van der Waals surface area contributed by atoms with Crippen molar-refractivity contribution in [3.05, 3.63) is 67.4 Å². The summed E-state index contributed by atoms with van der Waals surface area (Å²) in [5.74, 6) is -0.644. The van der Waals surface area contributed by atoms with Crippen LogP contribution >= 0.6 is 27.3 Å². The highest BCUT2D eigenvalue weighted by Gasteiger charge is 2.19. The molecule has 134 valence electrons. The summed E-state index contributed by atoms with van der Waals surface area (Å²) >= 11 is 4.78. The Morgan fingerprint density at radius 2 is 2.12 bits per heavy atom. The number of thiazole rings is 1.